The van der Waals surface area contributed by atoms with Gasteiger partial charge in [-0.3, -0.25) is 9.59 Å². The first-order valence-electron chi connectivity index (χ1n) is 11.0. The van der Waals surface area contributed by atoms with Crippen molar-refractivity contribution in [3.63, 3.8) is 0 Å². The van der Waals surface area contributed by atoms with Gasteiger partial charge in [-0.25, -0.2) is 10.9 Å². The van der Waals surface area contributed by atoms with Crippen LogP contribution in [0.3, 0.4) is 0 Å². The van der Waals surface area contributed by atoms with Crippen molar-refractivity contribution in [1.29, 1.82) is 0 Å². The molecule has 36 heavy (non-hydrogen) atoms. The summed E-state index contributed by atoms with van der Waals surface area (Å²) in [5.74, 6) is -1.60. The first kappa shape index (κ1) is 23.9. The molecule has 4 rings (SSSR count). The van der Waals surface area contributed by atoms with Gasteiger partial charge in [0, 0.05) is 11.1 Å². The lowest BCUT2D eigenvalue weighted by Gasteiger charge is -2.12. The Balaban J connectivity index is 1.76. The predicted octanol–water partition coefficient (Wildman–Crippen LogP) is 4.07. The second-order valence-electron chi connectivity index (χ2n) is 7.57. The average molecular weight is 479 g/mol. The number of carbonyl (C=O) groups excluding carboxylic acids is 2. The molecule has 0 saturated carbocycles. The van der Waals surface area contributed by atoms with Crippen LogP contribution in [0.4, 0.5) is 0 Å². The Morgan fingerprint density at radius 1 is 0.500 bits per heavy atom. The number of carbonyl (C=O) groups is 2. The summed E-state index contributed by atoms with van der Waals surface area (Å²) < 4.78 is 0. The molecular weight excluding hydrogens is 456 g/mol. The molecule has 4 aromatic carbocycles. The van der Waals surface area contributed by atoms with Crippen molar-refractivity contribution in [3.05, 3.63) is 131 Å². The summed E-state index contributed by atoms with van der Waals surface area (Å²) in [7, 11) is 0. The van der Waals surface area contributed by atoms with Gasteiger partial charge in [-0.2, -0.15) is 10.2 Å². The van der Waals surface area contributed by atoms with Crippen molar-refractivity contribution in [1.82, 2.24) is 10.9 Å². The fraction of sp³-hybridized carbons (Fsp3) is 0. The number of nitrogens with one attached hydrogen (secondary N) is 2. The van der Waals surface area contributed by atoms with E-state index in [0.29, 0.717) is 11.1 Å². The molecule has 0 fully saturated rings. The van der Waals surface area contributed by atoms with Crippen LogP contribution in [0.2, 0.25) is 0 Å². The molecule has 0 saturated heterocycles. The second kappa shape index (κ2) is 11.3. The first-order valence-corrected chi connectivity index (χ1v) is 11.0. The third-order valence-corrected chi connectivity index (χ3v) is 5.15. The van der Waals surface area contributed by atoms with E-state index in [9.17, 15) is 19.8 Å². The molecule has 0 heterocycles. The molecule has 0 aliphatic heterocycles. The van der Waals surface area contributed by atoms with Gasteiger partial charge in [-0.05, 0) is 24.3 Å². The fourth-order valence-corrected chi connectivity index (χ4v) is 3.37. The summed E-state index contributed by atoms with van der Waals surface area (Å²) in [4.78, 5) is 25.5. The number of para-hydroxylation sites is 2. The highest BCUT2D eigenvalue weighted by atomic mass is 16.3. The van der Waals surface area contributed by atoms with Gasteiger partial charge in [0.15, 0.2) is 0 Å². The van der Waals surface area contributed by atoms with Crippen LogP contribution in [0.25, 0.3) is 0 Å². The van der Waals surface area contributed by atoms with Crippen LogP contribution >= 0.6 is 0 Å². The Kier molecular flexibility index (Phi) is 7.47. The van der Waals surface area contributed by atoms with E-state index in [2.05, 4.69) is 21.1 Å². The van der Waals surface area contributed by atoms with Crippen LogP contribution in [0.5, 0.6) is 11.5 Å². The highest BCUT2D eigenvalue weighted by Gasteiger charge is 2.18. The molecule has 0 aromatic heterocycles. The monoisotopic (exact) mass is 478 g/mol. The summed E-state index contributed by atoms with van der Waals surface area (Å²) in [6, 6.07) is 30.3. The third-order valence-electron chi connectivity index (χ3n) is 5.15. The number of amides is 2. The number of rotatable bonds is 7. The standard InChI is InChI=1S/C28H22N4O4/c33-23-17-9-7-15-21(23)27(35)31-29-25(19-11-3-1-4-12-19)26(20-13-5-2-6-14-20)30-32-28(36)22-16-8-10-18-24(22)34/h1-18,33-34H,(H,31,35)(H,32,36). The molecule has 0 aliphatic rings. The minimum absolute atomic E-state index is 0.0553. The van der Waals surface area contributed by atoms with Gasteiger partial charge in [-0.15, -0.1) is 0 Å². The molecule has 178 valence electrons. The fourth-order valence-electron chi connectivity index (χ4n) is 3.37. The second-order valence-corrected chi connectivity index (χ2v) is 7.57. The molecule has 8 nitrogen and oxygen atoms in total. The summed E-state index contributed by atoms with van der Waals surface area (Å²) in [5.41, 5.74) is 6.83. The molecule has 0 unspecified atom stereocenters. The van der Waals surface area contributed by atoms with Gasteiger partial charge in [0.05, 0.1) is 11.1 Å². The zero-order chi connectivity index (χ0) is 25.3. The Hall–Kier alpha value is -5.24. The van der Waals surface area contributed by atoms with Crippen molar-refractivity contribution in [2.75, 3.05) is 0 Å². The number of hydrogen-bond donors (Lipinski definition) is 4. The highest BCUT2D eigenvalue weighted by molar-refractivity contribution is 6.53. The van der Waals surface area contributed by atoms with Crippen molar-refractivity contribution < 1.29 is 19.8 Å². The van der Waals surface area contributed by atoms with E-state index < -0.39 is 11.8 Å². The third kappa shape index (κ3) is 5.63. The number of phenols is 2. The van der Waals surface area contributed by atoms with E-state index in [1.807, 2.05) is 12.1 Å². The van der Waals surface area contributed by atoms with Crippen LogP contribution in [-0.2, 0) is 0 Å². The molecule has 2 amide bonds. The van der Waals surface area contributed by atoms with E-state index in [1.54, 1.807) is 72.8 Å². The molecule has 0 radical (unpaired) electrons. The molecule has 0 atom stereocenters. The number of aromatic hydroxyl groups is 2. The highest BCUT2D eigenvalue weighted by Crippen LogP contribution is 2.17. The summed E-state index contributed by atoms with van der Waals surface area (Å²) in [5, 5.41) is 28.7. The van der Waals surface area contributed by atoms with Gasteiger partial charge in [0.1, 0.15) is 22.9 Å². The van der Waals surface area contributed by atoms with Crippen LogP contribution < -0.4 is 10.9 Å². The van der Waals surface area contributed by atoms with Crippen molar-refractivity contribution >= 4 is 23.2 Å². The first-order chi connectivity index (χ1) is 17.5. The quantitative estimate of drug-likeness (QED) is 0.236. The minimum Gasteiger partial charge on any atom is -0.507 e. The smallest absolute Gasteiger partial charge is 0.275 e. The van der Waals surface area contributed by atoms with Gasteiger partial charge in [0.2, 0.25) is 0 Å². The summed E-state index contributed by atoms with van der Waals surface area (Å²) in [6.07, 6.45) is 0. The number of nitrogens with zero attached hydrogens (tertiary/aromatic N) is 2. The Morgan fingerprint density at radius 3 is 1.19 bits per heavy atom. The lowest BCUT2D eigenvalue weighted by atomic mass is 10.00. The number of hydrogen-bond acceptors (Lipinski definition) is 6. The van der Waals surface area contributed by atoms with Crippen LogP contribution in [-0.4, -0.2) is 33.5 Å². The minimum atomic E-state index is -0.618. The maximum absolute atomic E-state index is 12.7. The van der Waals surface area contributed by atoms with Crippen molar-refractivity contribution in [2.24, 2.45) is 10.2 Å². The molecule has 4 aromatic rings. The van der Waals surface area contributed by atoms with E-state index in [4.69, 9.17) is 0 Å². The molecule has 0 spiro atoms. The van der Waals surface area contributed by atoms with Gasteiger partial charge in [0.25, 0.3) is 11.8 Å². The van der Waals surface area contributed by atoms with Crippen LogP contribution in [0.1, 0.15) is 31.8 Å². The molecule has 0 aliphatic carbocycles. The number of phenolic OH excluding ortho intramolecular Hbond substituents is 2. The summed E-state index contributed by atoms with van der Waals surface area (Å²) in [6.45, 7) is 0. The largest absolute Gasteiger partial charge is 0.507 e. The number of hydrazone groups is 2. The maximum Gasteiger partial charge on any atom is 0.275 e. The summed E-state index contributed by atoms with van der Waals surface area (Å²) >= 11 is 0. The zero-order valence-corrected chi connectivity index (χ0v) is 19.0. The molecular formula is C28H22N4O4. The number of benzene rings is 4. The van der Waals surface area contributed by atoms with Crippen molar-refractivity contribution in [2.45, 2.75) is 0 Å². The molecule has 0 bridgehead atoms. The average Bonchev–Trinajstić information content (AvgIpc) is 2.91. The van der Waals surface area contributed by atoms with Crippen LogP contribution in [0, 0.1) is 0 Å². The molecule has 8 heteroatoms. The SMILES string of the molecule is O=C(NN=C(C(=NNC(=O)c1ccccc1O)c1ccccc1)c1ccccc1)c1ccccc1O. The predicted molar refractivity (Wildman–Crippen MR) is 137 cm³/mol. The topological polar surface area (TPSA) is 123 Å². The van der Waals surface area contributed by atoms with Gasteiger partial charge < -0.3 is 10.2 Å². The van der Waals surface area contributed by atoms with Gasteiger partial charge in [-0.1, -0.05) is 84.9 Å². The normalized spacial score (nSPS) is 11.6. The van der Waals surface area contributed by atoms with E-state index in [-0.39, 0.29) is 34.0 Å². The lowest BCUT2D eigenvalue weighted by Crippen LogP contribution is -2.28. The van der Waals surface area contributed by atoms with E-state index >= 15 is 0 Å². The Bertz CT molecular complexity index is 1320. The van der Waals surface area contributed by atoms with Crippen molar-refractivity contribution in [3.8, 4) is 11.5 Å². The lowest BCUT2D eigenvalue weighted by molar-refractivity contribution is 0.0943. The van der Waals surface area contributed by atoms with Gasteiger partial charge >= 0.3 is 0 Å². The Morgan fingerprint density at radius 2 is 0.833 bits per heavy atom. The molecule has 4 N–H and O–H groups in total. The zero-order valence-electron chi connectivity index (χ0n) is 19.0. The van der Waals surface area contributed by atoms with E-state index in [1.165, 1.54) is 24.3 Å². The maximum atomic E-state index is 12.7. The van der Waals surface area contributed by atoms with Crippen LogP contribution in [0.15, 0.2) is 119 Å². The van der Waals surface area contributed by atoms with E-state index in [0.717, 1.165) is 0 Å². The Labute approximate surface area is 207 Å².